The van der Waals surface area contributed by atoms with Gasteiger partial charge >= 0.3 is 0 Å². The number of nitrogens with two attached hydrogens (primary N) is 1. The molecule has 2 rings (SSSR count). The molecule has 0 fully saturated rings. The molecule has 0 saturated heterocycles. The van der Waals surface area contributed by atoms with E-state index in [0.29, 0.717) is 31.7 Å². The smallest absolute Gasteiger partial charge is 0.274 e. The Bertz CT molecular complexity index is 650. The molecule has 0 amide bonds. The molecule has 122 valence electrons. The average Bonchev–Trinajstić information content (AvgIpc) is 2.53. The van der Waals surface area contributed by atoms with Gasteiger partial charge < -0.3 is 5.73 Å². The van der Waals surface area contributed by atoms with Crippen molar-refractivity contribution < 1.29 is 9.31 Å². The Kier molecular flexibility index (Phi) is 6.19. The van der Waals surface area contributed by atoms with Gasteiger partial charge in [-0.05, 0) is 24.1 Å². The lowest BCUT2D eigenvalue weighted by Gasteiger charge is -2.21. The van der Waals surface area contributed by atoms with E-state index in [9.17, 15) is 14.5 Å². The molecule has 5 nitrogen and oxygen atoms in total. The number of benzene rings is 2. The van der Waals surface area contributed by atoms with Gasteiger partial charge in [-0.3, -0.25) is 15.0 Å². The molecular weight excluding hydrogens is 297 g/mol. The SMILES string of the molecule is NCCN(CCc1ccccc1)Cc1cc(F)ccc1[N+](=O)[O-]. The van der Waals surface area contributed by atoms with Gasteiger partial charge in [0.1, 0.15) is 5.82 Å². The predicted octanol–water partition coefficient (Wildman–Crippen LogP) is 2.74. The Balaban J connectivity index is 2.10. The second-order valence-electron chi connectivity index (χ2n) is 5.33. The Morgan fingerprint density at radius 3 is 2.52 bits per heavy atom. The minimum atomic E-state index is -0.480. The molecule has 0 aromatic heterocycles. The van der Waals surface area contributed by atoms with Gasteiger partial charge in [0.2, 0.25) is 0 Å². The van der Waals surface area contributed by atoms with Gasteiger partial charge in [0.25, 0.3) is 5.69 Å². The monoisotopic (exact) mass is 317 g/mol. The normalized spacial score (nSPS) is 10.9. The largest absolute Gasteiger partial charge is 0.329 e. The van der Waals surface area contributed by atoms with Crippen LogP contribution in [0.1, 0.15) is 11.1 Å². The van der Waals surface area contributed by atoms with Crippen LogP contribution in [0.2, 0.25) is 0 Å². The average molecular weight is 317 g/mol. The van der Waals surface area contributed by atoms with Crippen LogP contribution < -0.4 is 5.73 Å². The van der Waals surface area contributed by atoms with Crippen LogP contribution in [-0.2, 0) is 13.0 Å². The maximum atomic E-state index is 13.4. The van der Waals surface area contributed by atoms with Crippen molar-refractivity contribution in [3.8, 4) is 0 Å². The number of hydrogen-bond donors (Lipinski definition) is 1. The van der Waals surface area contributed by atoms with Gasteiger partial charge in [0, 0.05) is 37.8 Å². The van der Waals surface area contributed by atoms with E-state index in [1.54, 1.807) is 0 Å². The molecule has 0 aliphatic rings. The van der Waals surface area contributed by atoms with E-state index in [2.05, 4.69) is 0 Å². The van der Waals surface area contributed by atoms with Gasteiger partial charge in [-0.2, -0.15) is 0 Å². The summed E-state index contributed by atoms with van der Waals surface area (Å²) in [6, 6.07) is 13.5. The standard InChI is InChI=1S/C17H20FN3O2/c18-16-6-7-17(21(22)23)15(12-16)13-20(11-9-19)10-8-14-4-2-1-3-5-14/h1-7,12H,8-11,13,19H2. The van der Waals surface area contributed by atoms with Crippen molar-refractivity contribution in [2.45, 2.75) is 13.0 Å². The predicted molar refractivity (Wildman–Crippen MR) is 87.5 cm³/mol. The molecule has 23 heavy (non-hydrogen) atoms. The lowest BCUT2D eigenvalue weighted by Crippen LogP contribution is -2.31. The Morgan fingerprint density at radius 2 is 1.87 bits per heavy atom. The quantitative estimate of drug-likeness (QED) is 0.600. The maximum absolute atomic E-state index is 13.4. The number of nitro benzene ring substituents is 1. The molecule has 2 aromatic rings. The van der Waals surface area contributed by atoms with Crippen LogP contribution >= 0.6 is 0 Å². The zero-order chi connectivity index (χ0) is 16.7. The fraction of sp³-hybridized carbons (Fsp3) is 0.294. The van der Waals surface area contributed by atoms with Crippen LogP contribution in [0.5, 0.6) is 0 Å². The molecule has 2 aromatic carbocycles. The third-order valence-electron chi connectivity index (χ3n) is 3.64. The molecule has 6 heteroatoms. The maximum Gasteiger partial charge on any atom is 0.274 e. The van der Waals surface area contributed by atoms with Crippen molar-refractivity contribution >= 4 is 5.69 Å². The molecule has 0 atom stereocenters. The molecule has 0 unspecified atom stereocenters. The number of halogens is 1. The van der Waals surface area contributed by atoms with Crippen LogP contribution in [0.15, 0.2) is 48.5 Å². The molecular formula is C17H20FN3O2. The second kappa shape index (κ2) is 8.36. The molecule has 0 aliphatic carbocycles. The van der Waals surface area contributed by atoms with E-state index in [1.165, 1.54) is 17.7 Å². The van der Waals surface area contributed by atoms with Crippen LogP contribution in [0.3, 0.4) is 0 Å². The van der Waals surface area contributed by atoms with Gasteiger partial charge in [0.15, 0.2) is 0 Å². The Labute approximate surface area is 134 Å². The minimum Gasteiger partial charge on any atom is -0.329 e. The first-order valence-electron chi connectivity index (χ1n) is 7.49. The summed E-state index contributed by atoms with van der Waals surface area (Å²) in [4.78, 5) is 12.6. The number of hydrogen-bond acceptors (Lipinski definition) is 4. The molecule has 2 N–H and O–H groups in total. The van der Waals surface area contributed by atoms with Crippen LogP contribution in [0, 0.1) is 15.9 Å². The van der Waals surface area contributed by atoms with Crippen LogP contribution in [-0.4, -0.2) is 29.5 Å². The van der Waals surface area contributed by atoms with Crippen molar-refractivity contribution in [1.82, 2.24) is 4.90 Å². The molecule has 0 radical (unpaired) electrons. The van der Waals surface area contributed by atoms with Crippen LogP contribution in [0.4, 0.5) is 10.1 Å². The lowest BCUT2D eigenvalue weighted by molar-refractivity contribution is -0.385. The highest BCUT2D eigenvalue weighted by atomic mass is 19.1. The van der Waals surface area contributed by atoms with E-state index in [0.717, 1.165) is 12.5 Å². The number of nitrogens with zero attached hydrogens (tertiary/aromatic N) is 2. The highest BCUT2D eigenvalue weighted by Crippen LogP contribution is 2.21. The summed E-state index contributed by atoms with van der Waals surface area (Å²) in [5.41, 5.74) is 7.12. The molecule has 0 heterocycles. The van der Waals surface area contributed by atoms with E-state index in [-0.39, 0.29) is 5.69 Å². The van der Waals surface area contributed by atoms with E-state index in [1.807, 2.05) is 35.2 Å². The molecule has 0 spiro atoms. The first-order chi connectivity index (χ1) is 11.1. The molecule has 0 bridgehead atoms. The summed E-state index contributed by atoms with van der Waals surface area (Å²) in [6.07, 6.45) is 0.809. The highest BCUT2D eigenvalue weighted by Gasteiger charge is 2.17. The second-order valence-corrected chi connectivity index (χ2v) is 5.33. The fourth-order valence-electron chi connectivity index (χ4n) is 2.48. The fourth-order valence-corrected chi connectivity index (χ4v) is 2.48. The Hall–Kier alpha value is -2.31. The zero-order valence-corrected chi connectivity index (χ0v) is 12.8. The van der Waals surface area contributed by atoms with Crippen molar-refractivity contribution in [2.24, 2.45) is 5.73 Å². The van der Waals surface area contributed by atoms with Crippen molar-refractivity contribution in [1.29, 1.82) is 0 Å². The third kappa shape index (κ3) is 5.12. The molecule has 0 aliphatic heterocycles. The van der Waals surface area contributed by atoms with Gasteiger partial charge in [0.05, 0.1) is 4.92 Å². The third-order valence-corrected chi connectivity index (χ3v) is 3.64. The summed E-state index contributed by atoms with van der Waals surface area (Å²) in [5, 5.41) is 11.1. The summed E-state index contributed by atoms with van der Waals surface area (Å²) in [7, 11) is 0. The number of rotatable bonds is 8. The lowest BCUT2D eigenvalue weighted by atomic mass is 10.1. The van der Waals surface area contributed by atoms with Gasteiger partial charge in [-0.15, -0.1) is 0 Å². The van der Waals surface area contributed by atoms with E-state index in [4.69, 9.17) is 5.73 Å². The highest BCUT2D eigenvalue weighted by molar-refractivity contribution is 5.40. The topological polar surface area (TPSA) is 72.4 Å². The van der Waals surface area contributed by atoms with Crippen LogP contribution in [0.25, 0.3) is 0 Å². The number of nitro groups is 1. The van der Waals surface area contributed by atoms with Crippen molar-refractivity contribution in [3.05, 3.63) is 75.6 Å². The summed E-state index contributed by atoms with van der Waals surface area (Å²) < 4.78 is 13.4. The first-order valence-corrected chi connectivity index (χ1v) is 7.49. The zero-order valence-electron chi connectivity index (χ0n) is 12.8. The van der Waals surface area contributed by atoms with E-state index >= 15 is 0 Å². The summed E-state index contributed by atoms with van der Waals surface area (Å²) in [5.74, 6) is -0.471. The van der Waals surface area contributed by atoms with Gasteiger partial charge in [-0.1, -0.05) is 30.3 Å². The first kappa shape index (κ1) is 17.1. The summed E-state index contributed by atoms with van der Waals surface area (Å²) in [6.45, 7) is 2.05. The van der Waals surface area contributed by atoms with E-state index < -0.39 is 10.7 Å². The Morgan fingerprint density at radius 1 is 1.13 bits per heavy atom. The molecule has 0 saturated carbocycles. The van der Waals surface area contributed by atoms with Gasteiger partial charge in [-0.25, -0.2) is 4.39 Å². The minimum absolute atomic E-state index is 0.0619. The van der Waals surface area contributed by atoms with Crippen molar-refractivity contribution in [2.75, 3.05) is 19.6 Å². The summed E-state index contributed by atoms with van der Waals surface area (Å²) >= 11 is 0. The van der Waals surface area contributed by atoms with Crippen molar-refractivity contribution in [3.63, 3.8) is 0 Å².